The molecule has 2 fully saturated rings. The van der Waals surface area contributed by atoms with E-state index in [1.165, 1.54) is 23.3 Å². The van der Waals surface area contributed by atoms with Crippen molar-refractivity contribution in [1.29, 1.82) is 0 Å². The molecule has 17 heteroatoms. The number of ether oxygens (including phenoxy) is 4. The molecular formula is C38H47N7O9S. The number of amides is 4. The smallest absolute Gasteiger partial charge is 0.408 e. The minimum Gasteiger partial charge on any atom is -0.497 e. The number of aromatic nitrogens is 3. The van der Waals surface area contributed by atoms with Crippen LogP contribution in [-0.2, 0) is 28.7 Å². The molecule has 4 amide bonds. The molecule has 5 atom stereocenters. The molecule has 294 valence electrons. The van der Waals surface area contributed by atoms with E-state index < -0.39 is 53.2 Å². The van der Waals surface area contributed by atoms with Crippen molar-refractivity contribution in [3.8, 4) is 23.0 Å². The van der Waals surface area contributed by atoms with Crippen LogP contribution in [0, 0.1) is 5.92 Å². The number of methoxy groups -OCH3 is 1. The van der Waals surface area contributed by atoms with Gasteiger partial charge in [0.1, 0.15) is 40.8 Å². The summed E-state index contributed by atoms with van der Waals surface area (Å²) in [6.45, 7) is 7.00. The van der Waals surface area contributed by atoms with E-state index in [2.05, 4.69) is 20.9 Å². The van der Waals surface area contributed by atoms with Crippen LogP contribution in [0.4, 0.5) is 9.93 Å². The first-order chi connectivity index (χ1) is 26.3. The van der Waals surface area contributed by atoms with E-state index in [9.17, 15) is 24.0 Å². The highest BCUT2D eigenvalue weighted by Crippen LogP contribution is 2.46. The summed E-state index contributed by atoms with van der Waals surface area (Å²) in [6, 6.07) is 3.12. The van der Waals surface area contributed by atoms with E-state index >= 15 is 0 Å². The summed E-state index contributed by atoms with van der Waals surface area (Å²) in [5.41, 5.74) is -0.399. The first kappa shape index (κ1) is 39.4. The van der Waals surface area contributed by atoms with Crippen molar-refractivity contribution in [3.63, 3.8) is 0 Å². The first-order valence-electron chi connectivity index (χ1n) is 18.5. The van der Waals surface area contributed by atoms with Gasteiger partial charge in [0.15, 0.2) is 10.8 Å². The van der Waals surface area contributed by atoms with Crippen LogP contribution in [0.2, 0.25) is 0 Å². The lowest BCUT2D eigenvalue weighted by Crippen LogP contribution is -2.56. The number of anilines is 1. The Morgan fingerprint density at radius 1 is 1.13 bits per heavy atom. The van der Waals surface area contributed by atoms with E-state index in [0.717, 1.165) is 19.3 Å². The Kier molecular flexibility index (Phi) is 11.9. The number of carbonyl (C=O) groups excluding carboxylic acids is 5. The van der Waals surface area contributed by atoms with E-state index in [1.54, 1.807) is 51.3 Å². The number of thiazole rings is 1. The van der Waals surface area contributed by atoms with Crippen LogP contribution in [-0.4, -0.2) is 99.7 Å². The highest BCUT2D eigenvalue weighted by atomic mass is 32.1. The lowest BCUT2D eigenvalue weighted by atomic mass is 10.0. The molecule has 0 spiro atoms. The second-order valence-corrected chi connectivity index (χ2v) is 15.6. The quantitative estimate of drug-likeness (QED) is 0.156. The number of allylic oxidation sites excluding steroid dienone is 1. The molecule has 6 rings (SSSR count). The maximum Gasteiger partial charge on any atom is 0.408 e. The number of fused-ring (bicyclic) bond motifs is 3. The molecule has 3 N–H and O–H groups in total. The van der Waals surface area contributed by atoms with Gasteiger partial charge in [-0.2, -0.15) is 0 Å². The molecule has 3 aliphatic rings. The molecule has 3 aromatic rings. The lowest BCUT2D eigenvalue weighted by molar-refractivity contribution is -0.150. The molecule has 16 nitrogen and oxygen atoms in total. The Morgan fingerprint density at radius 2 is 1.95 bits per heavy atom. The average Bonchev–Trinajstić information content (AvgIpc) is 3.41. The molecule has 1 saturated heterocycles. The fourth-order valence-electron chi connectivity index (χ4n) is 6.89. The number of rotatable bonds is 9. The summed E-state index contributed by atoms with van der Waals surface area (Å²) < 4.78 is 22.9. The summed E-state index contributed by atoms with van der Waals surface area (Å²) in [7, 11) is 1.54. The Hall–Kier alpha value is -5.32. The van der Waals surface area contributed by atoms with Crippen molar-refractivity contribution in [3.05, 3.63) is 35.7 Å². The SMILES string of the molecule is CCOC(=O)[C@@]12C[C@H]1/C=C\CCCCC[C@@H](NC(=O)OC(C)(C)C)C(=O)N1C[C@@H](Oc3nc4cc(OC)ccc4nc3-c3csc(NC=O)n3)C[C@H]1C(=O)N2. The summed E-state index contributed by atoms with van der Waals surface area (Å²) in [5, 5.41) is 10.3. The standard InChI is InChI=1S/C38H47N7O9S/c1-6-52-34(49)38-18-22(38)12-10-8-7-9-11-13-26(43-36(50)54-37(2,3)4)33(48)45-19-24(17-29(45)31(47)44-38)53-32-30(28-20-55-35(42-28)39-21-46)40-25-15-14-23(51-5)16-27(25)41-32/h10,12,14-16,20-22,24,26,29H,6-9,11,13,17-19H2,1-5H3,(H,43,50)(H,44,47)(H,39,42,46)/b12-10-/t22-,24+,26-,29+,38-/m1/s1. The number of nitrogens with zero attached hydrogens (tertiary/aromatic N) is 4. The Morgan fingerprint density at radius 3 is 2.69 bits per heavy atom. The third-order valence-electron chi connectivity index (χ3n) is 9.62. The van der Waals surface area contributed by atoms with Gasteiger partial charge in [-0.3, -0.25) is 14.4 Å². The Bertz CT molecular complexity index is 1960. The Balaban J connectivity index is 1.36. The van der Waals surface area contributed by atoms with Gasteiger partial charge in [0, 0.05) is 23.8 Å². The molecule has 1 aliphatic carbocycles. The lowest BCUT2D eigenvalue weighted by Gasteiger charge is -2.30. The van der Waals surface area contributed by atoms with Crippen molar-refractivity contribution in [2.45, 2.75) is 102 Å². The summed E-state index contributed by atoms with van der Waals surface area (Å²) >= 11 is 1.19. The van der Waals surface area contributed by atoms with Crippen LogP contribution in [0.5, 0.6) is 11.6 Å². The number of alkyl carbamates (subject to hydrolysis) is 1. The van der Waals surface area contributed by atoms with E-state index in [0.29, 0.717) is 53.3 Å². The fourth-order valence-corrected chi connectivity index (χ4v) is 7.55. The number of nitrogens with one attached hydrogen (secondary N) is 3. The third-order valence-corrected chi connectivity index (χ3v) is 10.4. The predicted molar refractivity (Wildman–Crippen MR) is 202 cm³/mol. The minimum absolute atomic E-state index is 0.0302. The van der Waals surface area contributed by atoms with Crippen molar-refractivity contribution in [1.82, 2.24) is 30.5 Å². The summed E-state index contributed by atoms with van der Waals surface area (Å²) in [6.07, 6.45) is 6.70. The molecule has 2 aliphatic heterocycles. The molecular weight excluding hydrogens is 731 g/mol. The minimum atomic E-state index is -1.26. The van der Waals surface area contributed by atoms with Gasteiger partial charge in [-0.25, -0.2) is 24.5 Å². The maximum atomic E-state index is 14.5. The highest BCUT2D eigenvalue weighted by Gasteiger charge is 2.62. The molecule has 0 unspecified atom stereocenters. The van der Waals surface area contributed by atoms with E-state index in [4.69, 9.17) is 28.9 Å². The van der Waals surface area contributed by atoms with Gasteiger partial charge in [-0.1, -0.05) is 25.0 Å². The van der Waals surface area contributed by atoms with Gasteiger partial charge in [-0.05, 0) is 65.5 Å². The molecule has 2 aromatic heterocycles. The molecule has 0 bridgehead atoms. The maximum absolute atomic E-state index is 14.5. The average molecular weight is 778 g/mol. The third kappa shape index (κ3) is 9.15. The van der Waals surface area contributed by atoms with Crippen molar-refractivity contribution in [2.24, 2.45) is 5.92 Å². The van der Waals surface area contributed by atoms with Gasteiger partial charge in [0.25, 0.3) is 0 Å². The van der Waals surface area contributed by atoms with E-state index in [1.807, 2.05) is 12.2 Å². The van der Waals surface area contributed by atoms with Crippen LogP contribution in [0.15, 0.2) is 35.7 Å². The second-order valence-electron chi connectivity index (χ2n) is 14.8. The second kappa shape index (κ2) is 16.6. The normalized spacial score (nSPS) is 24.9. The highest BCUT2D eigenvalue weighted by molar-refractivity contribution is 7.14. The van der Waals surface area contributed by atoms with Crippen molar-refractivity contribution >= 4 is 57.8 Å². The number of carbonyl (C=O) groups is 5. The van der Waals surface area contributed by atoms with Crippen LogP contribution < -0.4 is 25.4 Å². The molecule has 0 radical (unpaired) electrons. The van der Waals surface area contributed by atoms with Crippen molar-refractivity contribution in [2.75, 3.05) is 25.6 Å². The van der Waals surface area contributed by atoms with E-state index in [-0.39, 0.29) is 37.1 Å². The van der Waals surface area contributed by atoms with Crippen molar-refractivity contribution < 1.29 is 42.9 Å². The number of hydrogen-bond acceptors (Lipinski definition) is 13. The monoisotopic (exact) mass is 777 g/mol. The zero-order chi connectivity index (χ0) is 39.3. The first-order valence-corrected chi connectivity index (χ1v) is 19.4. The zero-order valence-corrected chi connectivity index (χ0v) is 32.4. The number of esters is 1. The van der Waals surface area contributed by atoms with Gasteiger partial charge >= 0.3 is 12.1 Å². The van der Waals surface area contributed by atoms with Gasteiger partial charge in [-0.15, -0.1) is 11.3 Å². The van der Waals surface area contributed by atoms with Crippen LogP contribution in [0.25, 0.3) is 22.4 Å². The number of hydrogen-bond donors (Lipinski definition) is 3. The van der Waals surface area contributed by atoms with Gasteiger partial charge in [0.2, 0.25) is 24.1 Å². The fraction of sp³-hybridized carbons (Fsp3) is 0.526. The van der Waals surface area contributed by atoms with Crippen LogP contribution in [0.1, 0.15) is 72.6 Å². The van der Waals surface area contributed by atoms with Gasteiger partial charge in [0.05, 0.1) is 31.3 Å². The summed E-state index contributed by atoms with van der Waals surface area (Å²) in [5.74, 6) is -1.19. The molecule has 1 aromatic carbocycles. The molecule has 4 heterocycles. The summed E-state index contributed by atoms with van der Waals surface area (Å²) in [4.78, 5) is 81.9. The topological polar surface area (TPSA) is 200 Å². The molecule has 1 saturated carbocycles. The van der Waals surface area contributed by atoms with Crippen LogP contribution >= 0.6 is 11.3 Å². The number of benzene rings is 1. The predicted octanol–water partition coefficient (Wildman–Crippen LogP) is 4.53. The van der Waals surface area contributed by atoms with Gasteiger partial charge < -0.3 is 39.8 Å². The molecule has 55 heavy (non-hydrogen) atoms. The Labute approximate surface area is 322 Å². The van der Waals surface area contributed by atoms with Crippen LogP contribution in [0.3, 0.4) is 0 Å². The zero-order valence-electron chi connectivity index (χ0n) is 31.6. The largest absolute Gasteiger partial charge is 0.497 e.